The Morgan fingerprint density at radius 2 is 1.37 bits per heavy atom. The summed E-state index contributed by atoms with van der Waals surface area (Å²) in [6, 6.07) is 24.2. The monoisotopic (exact) mass is 527 g/mol. The van der Waals surface area contributed by atoms with Crippen molar-refractivity contribution < 1.29 is 37.0 Å². The number of esters is 1. The minimum Gasteiger partial charge on any atom is -0.460 e. The highest BCUT2D eigenvalue weighted by Crippen LogP contribution is 2.43. The van der Waals surface area contributed by atoms with E-state index < -0.39 is 41.5 Å². The van der Waals surface area contributed by atoms with E-state index in [4.69, 9.17) is 14.2 Å². The summed E-state index contributed by atoms with van der Waals surface area (Å²) >= 11 is 0. The van der Waals surface area contributed by atoms with Crippen LogP contribution in [0, 0.1) is 0 Å². The highest BCUT2D eigenvalue weighted by molar-refractivity contribution is 5.83. The highest BCUT2D eigenvalue weighted by atomic mass is 19.4. The molecule has 0 radical (unpaired) electrons. The fourth-order valence-electron chi connectivity index (χ4n) is 3.92. The predicted octanol–water partition coefficient (Wildman–Crippen LogP) is 5.73. The number of nitrogens with one attached hydrogen (secondary N) is 1. The van der Waals surface area contributed by atoms with Crippen LogP contribution in [0.15, 0.2) is 104 Å². The first kappa shape index (κ1) is 28.5. The zero-order valence-corrected chi connectivity index (χ0v) is 20.7. The maximum Gasteiger partial charge on any atom is 0.432 e. The number of methoxy groups -OCH3 is 1. The van der Waals surface area contributed by atoms with Crippen molar-refractivity contribution in [2.75, 3.05) is 13.7 Å². The third-order valence-corrected chi connectivity index (χ3v) is 5.95. The van der Waals surface area contributed by atoms with Gasteiger partial charge in [-0.2, -0.15) is 13.2 Å². The number of benzene rings is 3. The molecule has 0 aromatic heterocycles. The van der Waals surface area contributed by atoms with E-state index in [-0.39, 0.29) is 13.0 Å². The van der Waals surface area contributed by atoms with Gasteiger partial charge in [0.15, 0.2) is 0 Å². The molecule has 0 heterocycles. The summed E-state index contributed by atoms with van der Waals surface area (Å²) in [7, 11) is 0.783. The van der Waals surface area contributed by atoms with Gasteiger partial charge in [-0.15, -0.1) is 6.58 Å². The molecular formula is C29H28F3NO5. The van der Waals surface area contributed by atoms with Gasteiger partial charge in [-0.25, -0.2) is 9.59 Å². The standard InChI is InChI=1S/C29H28F3NO5/c1-3-27(19-22-13-7-4-8-14-22,33-26(35)37-20-23-15-9-5-10-16-23)21-38-25(34)28(36-2,29(30,31)32)24-17-11-6-12-18-24/h3-18H,1,19-21H2,2H3,(H,33,35)/t27-,28+/m0/s1. The highest BCUT2D eigenvalue weighted by Gasteiger charge is 2.64. The Labute approximate surface area is 219 Å². The second-order valence-electron chi connectivity index (χ2n) is 8.53. The quantitative estimate of drug-likeness (QED) is 0.255. The Balaban J connectivity index is 1.86. The minimum atomic E-state index is -5.14. The van der Waals surface area contributed by atoms with Crippen LogP contribution in [0.5, 0.6) is 0 Å². The van der Waals surface area contributed by atoms with Crippen LogP contribution in [0.1, 0.15) is 16.7 Å². The van der Waals surface area contributed by atoms with Gasteiger partial charge in [0, 0.05) is 19.1 Å². The van der Waals surface area contributed by atoms with Gasteiger partial charge in [0.1, 0.15) is 13.2 Å². The van der Waals surface area contributed by atoms with Crippen LogP contribution in [-0.2, 0) is 37.6 Å². The van der Waals surface area contributed by atoms with Crippen LogP contribution >= 0.6 is 0 Å². The van der Waals surface area contributed by atoms with E-state index in [1.54, 1.807) is 54.6 Å². The second kappa shape index (κ2) is 12.4. The van der Waals surface area contributed by atoms with Crippen LogP contribution in [0.2, 0.25) is 0 Å². The minimum absolute atomic E-state index is 0.0418. The van der Waals surface area contributed by atoms with Crippen molar-refractivity contribution in [2.45, 2.75) is 30.3 Å². The SMILES string of the molecule is C=C[C@@](COC(=O)[C@](OC)(c1ccccc1)C(F)(F)F)(Cc1ccccc1)NC(=O)OCc1ccccc1. The maximum atomic E-state index is 14.3. The number of ether oxygens (including phenoxy) is 3. The van der Waals surface area contributed by atoms with Crippen molar-refractivity contribution in [3.8, 4) is 0 Å². The summed E-state index contributed by atoms with van der Waals surface area (Å²) in [5.41, 5.74) is -3.86. The molecule has 0 aliphatic rings. The smallest absolute Gasteiger partial charge is 0.432 e. The zero-order valence-electron chi connectivity index (χ0n) is 20.7. The number of amides is 1. The largest absolute Gasteiger partial charge is 0.460 e. The fourth-order valence-corrected chi connectivity index (χ4v) is 3.92. The Morgan fingerprint density at radius 3 is 1.87 bits per heavy atom. The van der Waals surface area contributed by atoms with Crippen molar-refractivity contribution in [1.29, 1.82) is 0 Å². The van der Waals surface area contributed by atoms with Crippen LogP contribution in [0.25, 0.3) is 0 Å². The summed E-state index contributed by atoms with van der Waals surface area (Å²) in [4.78, 5) is 25.8. The normalized spacial score (nSPS) is 14.4. The Morgan fingerprint density at radius 1 is 0.842 bits per heavy atom. The van der Waals surface area contributed by atoms with Gasteiger partial charge in [0.05, 0.1) is 5.54 Å². The Kier molecular flexibility index (Phi) is 9.30. The fraction of sp³-hybridized carbons (Fsp3) is 0.241. The third-order valence-electron chi connectivity index (χ3n) is 5.95. The van der Waals surface area contributed by atoms with Crippen molar-refractivity contribution >= 4 is 12.1 Å². The average Bonchev–Trinajstić information content (AvgIpc) is 2.92. The lowest BCUT2D eigenvalue weighted by molar-refractivity contribution is -0.276. The second-order valence-corrected chi connectivity index (χ2v) is 8.53. The number of rotatable bonds is 11. The van der Waals surface area contributed by atoms with Crippen molar-refractivity contribution in [1.82, 2.24) is 5.32 Å². The molecule has 1 N–H and O–H groups in total. The van der Waals surface area contributed by atoms with Crippen LogP contribution < -0.4 is 5.32 Å². The van der Waals surface area contributed by atoms with Gasteiger partial charge < -0.3 is 19.5 Å². The molecule has 6 nitrogen and oxygen atoms in total. The molecule has 200 valence electrons. The lowest BCUT2D eigenvalue weighted by Crippen LogP contribution is -2.56. The number of hydrogen-bond donors (Lipinski definition) is 1. The molecule has 0 aliphatic carbocycles. The van der Waals surface area contributed by atoms with Crippen molar-refractivity contribution in [3.63, 3.8) is 0 Å². The number of carbonyl (C=O) groups is 2. The van der Waals surface area contributed by atoms with Gasteiger partial charge in [-0.3, -0.25) is 0 Å². The molecule has 9 heteroatoms. The summed E-state index contributed by atoms with van der Waals surface area (Å²) in [6.45, 7) is 3.04. The summed E-state index contributed by atoms with van der Waals surface area (Å²) in [5.74, 6) is -1.68. The molecule has 0 spiro atoms. The Hall–Kier alpha value is -4.11. The van der Waals surface area contributed by atoms with E-state index >= 15 is 0 Å². The number of halogens is 3. The Bertz CT molecular complexity index is 1210. The van der Waals surface area contributed by atoms with E-state index in [1.165, 1.54) is 24.3 Å². The molecule has 2 atom stereocenters. The molecule has 0 bridgehead atoms. The van der Waals surface area contributed by atoms with Gasteiger partial charge in [-0.1, -0.05) is 97.1 Å². The number of alkyl carbamates (subject to hydrolysis) is 1. The first-order valence-corrected chi connectivity index (χ1v) is 11.7. The molecule has 0 aliphatic heterocycles. The lowest BCUT2D eigenvalue weighted by Gasteiger charge is -2.35. The molecule has 0 unspecified atom stereocenters. The molecule has 3 aromatic carbocycles. The third kappa shape index (κ3) is 6.60. The molecule has 0 fully saturated rings. The van der Waals surface area contributed by atoms with E-state index in [0.29, 0.717) is 5.56 Å². The van der Waals surface area contributed by atoms with E-state index in [2.05, 4.69) is 11.9 Å². The summed E-state index contributed by atoms with van der Waals surface area (Å²) in [6.07, 6.45) is -4.64. The number of alkyl halides is 3. The van der Waals surface area contributed by atoms with Crippen molar-refractivity contribution in [2.24, 2.45) is 0 Å². The first-order valence-electron chi connectivity index (χ1n) is 11.7. The molecule has 3 rings (SSSR count). The maximum absolute atomic E-state index is 14.3. The number of hydrogen-bond acceptors (Lipinski definition) is 5. The van der Waals surface area contributed by atoms with E-state index in [0.717, 1.165) is 24.8 Å². The molecule has 1 amide bonds. The zero-order chi connectivity index (χ0) is 27.7. The van der Waals surface area contributed by atoms with Gasteiger partial charge >= 0.3 is 18.2 Å². The average molecular weight is 528 g/mol. The topological polar surface area (TPSA) is 73.9 Å². The summed E-state index contributed by atoms with van der Waals surface area (Å²) in [5, 5.41) is 2.62. The molecule has 3 aromatic rings. The van der Waals surface area contributed by atoms with Crippen LogP contribution in [0.4, 0.5) is 18.0 Å². The van der Waals surface area contributed by atoms with Gasteiger partial charge in [0.25, 0.3) is 5.60 Å². The van der Waals surface area contributed by atoms with Gasteiger partial charge in [0.2, 0.25) is 0 Å². The van der Waals surface area contributed by atoms with E-state index in [9.17, 15) is 22.8 Å². The van der Waals surface area contributed by atoms with Crippen LogP contribution in [0.3, 0.4) is 0 Å². The molecule has 0 saturated carbocycles. The number of carbonyl (C=O) groups excluding carboxylic acids is 2. The first-order chi connectivity index (χ1) is 18.2. The molecule has 0 saturated heterocycles. The predicted molar refractivity (Wildman–Crippen MR) is 135 cm³/mol. The van der Waals surface area contributed by atoms with Gasteiger partial charge in [-0.05, 0) is 11.1 Å². The van der Waals surface area contributed by atoms with Crippen LogP contribution in [-0.4, -0.2) is 37.5 Å². The molecular weight excluding hydrogens is 499 g/mol. The molecule has 38 heavy (non-hydrogen) atoms. The van der Waals surface area contributed by atoms with E-state index in [1.807, 2.05) is 6.07 Å². The summed E-state index contributed by atoms with van der Waals surface area (Å²) < 4.78 is 58.2. The van der Waals surface area contributed by atoms with Crippen molar-refractivity contribution in [3.05, 3.63) is 120 Å². The lowest BCUT2D eigenvalue weighted by atomic mass is 9.90.